The normalized spacial score (nSPS) is 14.7. The second kappa shape index (κ2) is 5.75. The number of nitrogens with one attached hydrogen (secondary N) is 1. The zero-order valence-electron chi connectivity index (χ0n) is 10.2. The van der Waals surface area contributed by atoms with Crippen LogP contribution in [0.25, 0.3) is 0 Å². The molecule has 16 heavy (non-hydrogen) atoms. The molecule has 0 saturated carbocycles. The van der Waals surface area contributed by atoms with Gasteiger partial charge < -0.3 is 15.5 Å². The van der Waals surface area contributed by atoms with E-state index in [1.807, 2.05) is 6.92 Å². The summed E-state index contributed by atoms with van der Waals surface area (Å²) in [6, 6.07) is 4.65. The lowest BCUT2D eigenvalue weighted by Gasteiger charge is -2.18. The third kappa shape index (κ3) is 3.42. The fourth-order valence-corrected chi connectivity index (χ4v) is 1.52. The van der Waals surface area contributed by atoms with E-state index >= 15 is 0 Å². The van der Waals surface area contributed by atoms with E-state index in [-0.39, 0.29) is 17.5 Å². The molecule has 1 rings (SSSR count). The highest BCUT2D eigenvalue weighted by Gasteiger charge is 2.11. The molecule has 3 heteroatoms. The van der Waals surface area contributed by atoms with Gasteiger partial charge >= 0.3 is 0 Å². The van der Waals surface area contributed by atoms with Crippen LogP contribution in [0.5, 0.6) is 11.5 Å². The van der Waals surface area contributed by atoms with Crippen molar-refractivity contribution in [3.8, 4) is 11.5 Å². The van der Waals surface area contributed by atoms with Crippen LogP contribution >= 0.6 is 0 Å². The summed E-state index contributed by atoms with van der Waals surface area (Å²) in [5.74, 6) is 1.02. The molecule has 2 atom stereocenters. The molecule has 0 radical (unpaired) electrons. The van der Waals surface area contributed by atoms with Crippen molar-refractivity contribution < 1.29 is 10.2 Å². The van der Waals surface area contributed by atoms with Crippen LogP contribution in [-0.4, -0.2) is 16.8 Å². The van der Waals surface area contributed by atoms with Crippen LogP contribution < -0.4 is 5.32 Å². The predicted molar refractivity (Wildman–Crippen MR) is 65.6 cm³/mol. The molecule has 1 aromatic carbocycles. The average molecular weight is 223 g/mol. The molecule has 0 aliphatic rings. The smallest absolute Gasteiger partial charge is 0.120 e. The Morgan fingerprint density at radius 1 is 1.25 bits per heavy atom. The summed E-state index contributed by atoms with van der Waals surface area (Å²) in [4.78, 5) is 0. The van der Waals surface area contributed by atoms with E-state index in [4.69, 9.17) is 0 Å². The molecule has 3 N–H and O–H groups in total. The quantitative estimate of drug-likeness (QED) is 0.673. The SMILES string of the molecule is CCC(C)CNC(C)c1cc(O)ccc1O. The number of hydrogen-bond acceptors (Lipinski definition) is 3. The molecule has 0 aliphatic carbocycles. The van der Waals surface area contributed by atoms with Crippen LogP contribution in [0.15, 0.2) is 18.2 Å². The van der Waals surface area contributed by atoms with Crippen LogP contribution in [0.2, 0.25) is 0 Å². The third-order valence-corrected chi connectivity index (χ3v) is 2.95. The largest absolute Gasteiger partial charge is 0.508 e. The molecule has 90 valence electrons. The minimum Gasteiger partial charge on any atom is -0.508 e. The van der Waals surface area contributed by atoms with Crippen molar-refractivity contribution in [1.82, 2.24) is 5.32 Å². The molecule has 0 bridgehead atoms. The van der Waals surface area contributed by atoms with Crippen molar-refractivity contribution in [2.75, 3.05) is 6.54 Å². The van der Waals surface area contributed by atoms with Crippen LogP contribution in [0, 0.1) is 5.92 Å². The summed E-state index contributed by atoms with van der Waals surface area (Å²) >= 11 is 0. The fourth-order valence-electron chi connectivity index (χ4n) is 1.52. The molecule has 0 fully saturated rings. The molecule has 2 unspecified atom stereocenters. The standard InChI is InChI=1S/C13H21NO2/c1-4-9(2)8-14-10(3)12-7-11(15)5-6-13(12)16/h5-7,9-10,14-16H,4,8H2,1-3H3. The van der Waals surface area contributed by atoms with Gasteiger partial charge in [-0.05, 0) is 37.6 Å². The van der Waals surface area contributed by atoms with Gasteiger partial charge in [0.15, 0.2) is 0 Å². The molecular weight excluding hydrogens is 202 g/mol. The van der Waals surface area contributed by atoms with E-state index in [0.717, 1.165) is 18.5 Å². The van der Waals surface area contributed by atoms with Crippen LogP contribution in [0.3, 0.4) is 0 Å². The fraction of sp³-hybridized carbons (Fsp3) is 0.538. The maximum absolute atomic E-state index is 9.68. The summed E-state index contributed by atoms with van der Waals surface area (Å²) in [6.07, 6.45) is 1.13. The van der Waals surface area contributed by atoms with Crippen molar-refractivity contribution in [2.24, 2.45) is 5.92 Å². The lowest BCUT2D eigenvalue weighted by Crippen LogP contribution is -2.24. The van der Waals surface area contributed by atoms with Crippen LogP contribution in [0.4, 0.5) is 0 Å². The van der Waals surface area contributed by atoms with Gasteiger partial charge in [-0.2, -0.15) is 0 Å². The summed E-state index contributed by atoms with van der Waals surface area (Å²) in [7, 11) is 0. The van der Waals surface area contributed by atoms with E-state index in [9.17, 15) is 10.2 Å². The molecule has 3 nitrogen and oxygen atoms in total. The van der Waals surface area contributed by atoms with Crippen molar-refractivity contribution in [3.63, 3.8) is 0 Å². The van der Waals surface area contributed by atoms with Gasteiger partial charge in [0, 0.05) is 11.6 Å². The number of rotatable bonds is 5. The first-order valence-corrected chi connectivity index (χ1v) is 5.79. The zero-order valence-corrected chi connectivity index (χ0v) is 10.2. The number of hydrogen-bond donors (Lipinski definition) is 3. The molecule has 0 saturated heterocycles. The first-order chi connectivity index (χ1) is 7.54. The van der Waals surface area contributed by atoms with Gasteiger partial charge in [-0.25, -0.2) is 0 Å². The van der Waals surface area contributed by atoms with Gasteiger partial charge in [-0.3, -0.25) is 0 Å². The first-order valence-electron chi connectivity index (χ1n) is 5.79. The molecule has 0 spiro atoms. The average Bonchev–Trinajstić information content (AvgIpc) is 2.28. The second-order valence-corrected chi connectivity index (χ2v) is 4.39. The highest BCUT2D eigenvalue weighted by Crippen LogP contribution is 2.27. The Morgan fingerprint density at radius 2 is 1.94 bits per heavy atom. The number of aromatic hydroxyl groups is 2. The molecule has 0 aliphatic heterocycles. The van der Waals surface area contributed by atoms with Gasteiger partial charge in [-0.1, -0.05) is 20.3 Å². The van der Waals surface area contributed by atoms with Crippen molar-refractivity contribution in [2.45, 2.75) is 33.2 Å². The second-order valence-electron chi connectivity index (χ2n) is 4.39. The zero-order chi connectivity index (χ0) is 12.1. The van der Waals surface area contributed by atoms with Gasteiger partial charge in [0.1, 0.15) is 11.5 Å². The first kappa shape index (κ1) is 12.8. The lowest BCUT2D eigenvalue weighted by atomic mass is 10.0. The Labute approximate surface area is 97.1 Å². The van der Waals surface area contributed by atoms with Gasteiger partial charge in [0.05, 0.1) is 0 Å². The number of benzene rings is 1. The van der Waals surface area contributed by atoms with Crippen LogP contribution in [-0.2, 0) is 0 Å². The minimum atomic E-state index is 0.0427. The molecule has 0 amide bonds. The molecule has 0 heterocycles. The van der Waals surface area contributed by atoms with Crippen molar-refractivity contribution in [1.29, 1.82) is 0 Å². The monoisotopic (exact) mass is 223 g/mol. The van der Waals surface area contributed by atoms with Gasteiger partial charge in [0.2, 0.25) is 0 Å². The van der Waals surface area contributed by atoms with E-state index < -0.39 is 0 Å². The topological polar surface area (TPSA) is 52.5 Å². The maximum atomic E-state index is 9.68. The maximum Gasteiger partial charge on any atom is 0.120 e. The Balaban J connectivity index is 2.65. The summed E-state index contributed by atoms with van der Waals surface area (Å²) in [5.41, 5.74) is 0.739. The van der Waals surface area contributed by atoms with E-state index in [1.54, 1.807) is 6.07 Å². The Morgan fingerprint density at radius 3 is 2.56 bits per heavy atom. The van der Waals surface area contributed by atoms with Crippen molar-refractivity contribution >= 4 is 0 Å². The Kier molecular flexibility index (Phi) is 4.62. The molecule has 1 aromatic rings. The summed E-state index contributed by atoms with van der Waals surface area (Å²) in [6.45, 7) is 7.23. The summed E-state index contributed by atoms with van der Waals surface area (Å²) < 4.78 is 0. The molecular formula is C13H21NO2. The van der Waals surface area contributed by atoms with E-state index in [1.165, 1.54) is 12.1 Å². The minimum absolute atomic E-state index is 0.0427. The van der Waals surface area contributed by atoms with E-state index in [0.29, 0.717) is 5.92 Å². The lowest BCUT2D eigenvalue weighted by molar-refractivity contribution is 0.425. The highest BCUT2D eigenvalue weighted by molar-refractivity contribution is 5.40. The Bertz CT molecular complexity index is 339. The van der Waals surface area contributed by atoms with Crippen LogP contribution in [0.1, 0.15) is 38.8 Å². The van der Waals surface area contributed by atoms with Crippen molar-refractivity contribution in [3.05, 3.63) is 23.8 Å². The number of phenolic OH excluding ortho intramolecular Hbond substituents is 2. The van der Waals surface area contributed by atoms with Gasteiger partial charge in [0.25, 0.3) is 0 Å². The summed E-state index contributed by atoms with van der Waals surface area (Å²) in [5, 5.41) is 22.4. The van der Waals surface area contributed by atoms with Gasteiger partial charge in [-0.15, -0.1) is 0 Å². The predicted octanol–water partition coefficient (Wildman–Crippen LogP) is 2.79. The molecule has 0 aromatic heterocycles. The highest BCUT2D eigenvalue weighted by atomic mass is 16.3. The Hall–Kier alpha value is -1.22. The third-order valence-electron chi connectivity index (χ3n) is 2.95. The number of phenols is 2. The van der Waals surface area contributed by atoms with E-state index in [2.05, 4.69) is 19.2 Å².